The number of rotatable bonds is 1. The van der Waals surface area contributed by atoms with E-state index in [0.717, 1.165) is 12.2 Å². The van der Waals surface area contributed by atoms with Gasteiger partial charge in [0.15, 0.2) is 0 Å². The highest BCUT2D eigenvalue weighted by Gasteiger charge is 2.21. The third kappa shape index (κ3) is 1.16. The molecule has 0 amide bonds. The number of methoxy groups -OCH3 is 1. The maximum Gasteiger partial charge on any atom is 0.127 e. The van der Waals surface area contributed by atoms with Crippen LogP contribution in [-0.2, 0) is 6.42 Å². The van der Waals surface area contributed by atoms with E-state index in [4.69, 9.17) is 4.74 Å². The molecule has 0 saturated carbocycles. The van der Waals surface area contributed by atoms with Gasteiger partial charge in [0.05, 0.1) is 7.11 Å². The van der Waals surface area contributed by atoms with Gasteiger partial charge in [0, 0.05) is 5.56 Å². The largest absolute Gasteiger partial charge is 0.496 e. The van der Waals surface area contributed by atoms with E-state index in [9.17, 15) is 0 Å². The number of hydrogen-bond donors (Lipinski definition) is 0. The van der Waals surface area contributed by atoms with Crippen LogP contribution >= 0.6 is 0 Å². The minimum Gasteiger partial charge on any atom is -0.496 e. The van der Waals surface area contributed by atoms with Gasteiger partial charge in [-0.15, -0.1) is 0 Å². The summed E-state index contributed by atoms with van der Waals surface area (Å²) >= 11 is 0. The Morgan fingerprint density at radius 3 is 2.93 bits per heavy atom. The summed E-state index contributed by atoms with van der Waals surface area (Å²) in [7, 11) is 1.72. The Morgan fingerprint density at radius 1 is 1.20 bits per heavy atom. The highest BCUT2D eigenvalue weighted by molar-refractivity contribution is 5.81. The average molecular weight is 195 g/mol. The zero-order valence-corrected chi connectivity index (χ0v) is 8.58. The van der Waals surface area contributed by atoms with Gasteiger partial charge in [-0.3, -0.25) is 0 Å². The number of fused-ring (bicyclic) bond motifs is 3. The molecule has 1 aliphatic carbocycles. The summed E-state index contributed by atoms with van der Waals surface area (Å²) in [6, 6.07) is 15.7. The Balaban J connectivity index is 2.30. The molecular formula is C14H11O. The summed E-state index contributed by atoms with van der Waals surface area (Å²) in [4.78, 5) is 0. The molecule has 15 heavy (non-hydrogen) atoms. The van der Waals surface area contributed by atoms with Gasteiger partial charge in [-0.25, -0.2) is 0 Å². The Kier molecular flexibility index (Phi) is 1.78. The lowest BCUT2D eigenvalue weighted by molar-refractivity contribution is 0.416. The third-order valence-electron chi connectivity index (χ3n) is 2.91. The Morgan fingerprint density at radius 2 is 2.07 bits per heavy atom. The van der Waals surface area contributed by atoms with Crippen LogP contribution in [0.5, 0.6) is 5.75 Å². The maximum atomic E-state index is 5.39. The van der Waals surface area contributed by atoms with Gasteiger partial charge >= 0.3 is 0 Å². The number of hydrogen-bond acceptors (Lipinski definition) is 1. The first-order valence-corrected chi connectivity index (χ1v) is 5.06. The normalized spacial score (nSPS) is 12.1. The maximum absolute atomic E-state index is 5.39. The lowest BCUT2D eigenvalue weighted by atomic mass is 10.1. The molecule has 1 radical (unpaired) electrons. The van der Waals surface area contributed by atoms with E-state index in [0.29, 0.717) is 0 Å². The fourth-order valence-electron chi connectivity index (χ4n) is 2.24. The Bertz CT molecular complexity index is 514. The zero-order chi connectivity index (χ0) is 10.3. The second-order valence-corrected chi connectivity index (χ2v) is 3.73. The molecule has 0 heterocycles. The summed E-state index contributed by atoms with van der Waals surface area (Å²) in [5.41, 5.74) is 5.13. The monoisotopic (exact) mass is 195 g/mol. The van der Waals surface area contributed by atoms with Crippen molar-refractivity contribution >= 4 is 0 Å². The van der Waals surface area contributed by atoms with E-state index in [2.05, 4.69) is 30.3 Å². The standard InChI is InChI=1S/C14H11O/c1-15-13-8-4-6-11-9-10-5-2-3-7-12(10)14(11)13/h2-5,7-8H,9H2,1H3. The van der Waals surface area contributed by atoms with E-state index in [1.807, 2.05) is 12.1 Å². The molecule has 0 fully saturated rings. The molecular weight excluding hydrogens is 184 g/mol. The second kappa shape index (κ2) is 3.13. The van der Waals surface area contributed by atoms with Crippen molar-refractivity contribution in [3.8, 4) is 16.9 Å². The van der Waals surface area contributed by atoms with E-state index >= 15 is 0 Å². The Hall–Kier alpha value is -1.76. The summed E-state index contributed by atoms with van der Waals surface area (Å²) in [5, 5.41) is 0. The number of benzene rings is 2. The van der Waals surface area contributed by atoms with Crippen LogP contribution in [0.15, 0.2) is 36.4 Å². The van der Waals surface area contributed by atoms with Gasteiger partial charge < -0.3 is 4.74 Å². The molecule has 0 atom stereocenters. The second-order valence-electron chi connectivity index (χ2n) is 3.73. The van der Waals surface area contributed by atoms with Crippen molar-refractivity contribution < 1.29 is 4.74 Å². The van der Waals surface area contributed by atoms with Crippen molar-refractivity contribution in [1.29, 1.82) is 0 Å². The molecule has 2 aromatic carbocycles. The molecule has 0 N–H and O–H groups in total. The first-order chi connectivity index (χ1) is 7.40. The summed E-state index contributed by atoms with van der Waals surface area (Å²) < 4.78 is 5.39. The molecule has 1 aliphatic rings. The van der Waals surface area contributed by atoms with Crippen LogP contribution in [0.2, 0.25) is 0 Å². The summed E-state index contributed by atoms with van der Waals surface area (Å²) in [6.45, 7) is 0. The molecule has 0 spiro atoms. The smallest absolute Gasteiger partial charge is 0.127 e. The van der Waals surface area contributed by atoms with Crippen LogP contribution in [0, 0.1) is 6.07 Å². The fraction of sp³-hybridized carbons (Fsp3) is 0.143. The van der Waals surface area contributed by atoms with Gasteiger partial charge in [0.2, 0.25) is 0 Å². The van der Waals surface area contributed by atoms with E-state index < -0.39 is 0 Å². The zero-order valence-electron chi connectivity index (χ0n) is 8.58. The highest BCUT2D eigenvalue weighted by Crippen LogP contribution is 2.41. The lowest BCUT2D eigenvalue weighted by Crippen LogP contribution is -1.87. The third-order valence-corrected chi connectivity index (χ3v) is 2.91. The highest BCUT2D eigenvalue weighted by atomic mass is 16.5. The van der Waals surface area contributed by atoms with Crippen molar-refractivity contribution in [2.75, 3.05) is 7.11 Å². The van der Waals surface area contributed by atoms with Crippen molar-refractivity contribution in [3.63, 3.8) is 0 Å². The molecule has 0 unspecified atom stereocenters. The van der Waals surface area contributed by atoms with Crippen molar-refractivity contribution in [1.82, 2.24) is 0 Å². The van der Waals surface area contributed by atoms with E-state index in [1.165, 1.54) is 22.3 Å². The van der Waals surface area contributed by atoms with Crippen LogP contribution in [0.1, 0.15) is 11.1 Å². The van der Waals surface area contributed by atoms with Gasteiger partial charge in [0.1, 0.15) is 5.75 Å². The van der Waals surface area contributed by atoms with Crippen LogP contribution < -0.4 is 4.74 Å². The molecule has 2 aromatic rings. The number of ether oxygens (including phenoxy) is 1. The van der Waals surface area contributed by atoms with Gasteiger partial charge in [-0.1, -0.05) is 30.3 Å². The molecule has 3 rings (SSSR count). The van der Waals surface area contributed by atoms with Crippen LogP contribution in [0.3, 0.4) is 0 Å². The molecule has 0 aliphatic heterocycles. The minimum atomic E-state index is 0.952. The minimum absolute atomic E-state index is 0.952. The molecule has 1 heteroatoms. The van der Waals surface area contributed by atoms with Gasteiger partial charge in [-0.05, 0) is 35.2 Å². The quantitative estimate of drug-likeness (QED) is 0.580. The molecule has 0 aromatic heterocycles. The summed E-state index contributed by atoms with van der Waals surface area (Å²) in [5.74, 6) is 0.952. The first kappa shape index (κ1) is 8.54. The van der Waals surface area contributed by atoms with Crippen molar-refractivity contribution in [2.45, 2.75) is 6.42 Å². The van der Waals surface area contributed by atoms with Crippen LogP contribution in [0.25, 0.3) is 11.1 Å². The Labute approximate surface area is 89.3 Å². The van der Waals surface area contributed by atoms with Gasteiger partial charge in [0.25, 0.3) is 0 Å². The van der Waals surface area contributed by atoms with Crippen molar-refractivity contribution in [2.24, 2.45) is 0 Å². The van der Waals surface area contributed by atoms with Crippen LogP contribution in [0.4, 0.5) is 0 Å². The summed E-state index contributed by atoms with van der Waals surface area (Å²) in [6.07, 6.45) is 0.975. The SMILES string of the molecule is COc1cc[c]c2c1-c1ccccc1C2. The topological polar surface area (TPSA) is 9.23 Å². The molecule has 1 nitrogen and oxygen atoms in total. The van der Waals surface area contributed by atoms with E-state index in [1.54, 1.807) is 7.11 Å². The van der Waals surface area contributed by atoms with E-state index in [-0.39, 0.29) is 0 Å². The molecule has 73 valence electrons. The molecule has 0 bridgehead atoms. The van der Waals surface area contributed by atoms with Gasteiger partial charge in [-0.2, -0.15) is 0 Å². The predicted octanol–water partition coefficient (Wildman–Crippen LogP) is 3.07. The fourth-order valence-corrected chi connectivity index (χ4v) is 2.24. The first-order valence-electron chi connectivity index (χ1n) is 5.06. The average Bonchev–Trinajstić information content (AvgIpc) is 2.67. The predicted molar refractivity (Wildman–Crippen MR) is 60.1 cm³/mol. The van der Waals surface area contributed by atoms with Crippen LogP contribution in [-0.4, -0.2) is 7.11 Å². The molecule has 0 saturated heterocycles. The van der Waals surface area contributed by atoms with Crippen molar-refractivity contribution in [3.05, 3.63) is 53.6 Å². The lowest BCUT2D eigenvalue weighted by Gasteiger charge is -2.07.